The van der Waals surface area contributed by atoms with Crippen LogP contribution in [0.4, 0.5) is 11.4 Å². The molecule has 0 amide bonds. The monoisotopic (exact) mass is 668 g/mol. The molecule has 0 N–H and O–H groups in total. The Morgan fingerprint density at radius 1 is 0.684 bits per heavy atom. The van der Waals surface area contributed by atoms with E-state index in [2.05, 4.69) is 99.8 Å². The van der Waals surface area contributed by atoms with E-state index in [4.69, 9.17) is 0 Å². The Bertz CT molecular complexity index is 1820. The predicted octanol–water partition coefficient (Wildman–Crippen LogP) is 4.78. The summed E-state index contributed by atoms with van der Waals surface area (Å²) in [6, 6.07) is 35.5. The molecule has 8 rings (SSSR count). The molecule has 0 atom stereocenters. The van der Waals surface area contributed by atoms with Gasteiger partial charge in [-0.15, -0.1) is 41.5 Å². The molecule has 0 spiro atoms. The van der Waals surface area contributed by atoms with E-state index >= 15 is 0 Å². The van der Waals surface area contributed by atoms with Crippen LogP contribution in [-0.2, 0) is 28.1 Å². The van der Waals surface area contributed by atoms with Gasteiger partial charge in [-0.3, -0.25) is 9.67 Å². The van der Waals surface area contributed by atoms with E-state index in [9.17, 15) is 0 Å². The Labute approximate surface area is 235 Å². The Hall–Kier alpha value is -4.15. The number of aromatic nitrogens is 4. The molecule has 2 aliphatic rings. The number of benzene rings is 4. The summed E-state index contributed by atoms with van der Waals surface area (Å²) in [5, 5.41) is 4.47. The minimum atomic E-state index is 0. The number of aryl methyl sites for hydroxylation is 1. The van der Waals surface area contributed by atoms with E-state index in [-0.39, 0.29) is 27.9 Å². The van der Waals surface area contributed by atoms with Crippen molar-refractivity contribution in [2.45, 2.75) is 0 Å². The normalized spacial score (nSPS) is 12.6. The summed E-state index contributed by atoms with van der Waals surface area (Å²) < 4.78 is 3.90. The van der Waals surface area contributed by atoms with E-state index in [1.54, 1.807) is 6.20 Å². The third-order valence-electron chi connectivity index (χ3n) is 7.48. The third-order valence-corrected chi connectivity index (χ3v) is 7.48. The molecule has 4 heterocycles. The van der Waals surface area contributed by atoms with Crippen LogP contribution < -0.4 is 15.7 Å². The fourth-order valence-corrected chi connectivity index (χ4v) is 5.85. The van der Waals surface area contributed by atoms with Gasteiger partial charge < -0.3 is 9.38 Å². The van der Waals surface area contributed by atoms with Crippen LogP contribution >= 0.6 is 0 Å². The zero-order valence-corrected chi connectivity index (χ0v) is 22.7. The first-order chi connectivity index (χ1) is 18.3. The molecule has 5 nitrogen and oxygen atoms in total. The summed E-state index contributed by atoms with van der Waals surface area (Å²) in [5.74, 6) is 0.894. The first kappa shape index (κ1) is 23.0. The van der Waals surface area contributed by atoms with Gasteiger partial charge in [0.2, 0.25) is 0 Å². The van der Waals surface area contributed by atoms with Crippen LogP contribution in [0.3, 0.4) is 0 Å². The van der Waals surface area contributed by atoms with Crippen molar-refractivity contribution in [3.63, 3.8) is 0 Å². The number of imidazole rings is 1. The second kappa shape index (κ2) is 8.71. The van der Waals surface area contributed by atoms with E-state index < -0.39 is 0 Å². The number of hydrogen-bond donors (Lipinski definition) is 0. The second-order valence-electron chi connectivity index (χ2n) is 9.50. The predicted molar refractivity (Wildman–Crippen MR) is 148 cm³/mol. The fourth-order valence-electron chi connectivity index (χ4n) is 5.85. The smallest absolute Gasteiger partial charge is 0.413 e. The van der Waals surface area contributed by atoms with E-state index in [1.165, 1.54) is 22.1 Å². The number of rotatable bonds is 2. The van der Waals surface area contributed by atoms with Crippen LogP contribution in [0.1, 0.15) is 0 Å². The van der Waals surface area contributed by atoms with Crippen molar-refractivity contribution in [3.8, 4) is 39.3 Å². The maximum atomic E-state index is 4.61. The van der Waals surface area contributed by atoms with E-state index in [0.717, 1.165) is 39.6 Å². The molecule has 7 heteroatoms. The Kier molecular flexibility index (Phi) is 5.27. The number of fused-ring (bicyclic) bond motifs is 11. The standard InChI is InChI=1S/C31H20BN5.Pt/c1-35-18-16-33-31(35)21-11-13-25-23-7-2-4-9-27(23)32-28-10-5-3-8-24(28)26-14-12-22(36-17-6-15-34-36)20-30(26)37(32)29(25)19-21;/h2-18H,1H3;/q-2;+2. The fraction of sp³-hybridized carbons (Fsp3) is 0.0323. The molecular formula is C31H20BN5Pt. The molecular weight excluding hydrogens is 648 g/mol. The molecule has 182 valence electrons. The Morgan fingerprint density at radius 2 is 1.37 bits per heavy atom. The summed E-state index contributed by atoms with van der Waals surface area (Å²) in [5.41, 5.74) is 11.3. The zero-order chi connectivity index (χ0) is 24.5. The van der Waals surface area contributed by atoms with Gasteiger partial charge in [0.25, 0.3) is 0 Å². The SMILES string of the molecule is Cn1ccnc1-c1[c-]c2c(cc1)-c1ccccc1B1c3ccccc3-c3ccc(-n4cccn4)[c-]c3N12.[Pt+2]. The molecule has 38 heavy (non-hydrogen) atoms. The average molecular weight is 668 g/mol. The molecule has 6 aromatic rings. The summed E-state index contributed by atoms with van der Waals surface area (Å²) >= 11 is 0. The van der Waals surface area contributed by atoms with Crippen molar-refractivity contribution in [3.05, 3.63) is 116 Å². The van der Waals surface area contributed by atoms with E-state index in [1.807, 2.05) is 41.0 Å². The number of anilines is 2. The molecule has 0 unspecified atom stereocenters. The minimum Gasteiger partial charge on any atom is -0.413 e. The van der Waals surface area contributed by atoms with Crippen LogP contribution in [0.15, 0.2) is 104 Å². The molecule has 0 aliphatic carbocycles. The Morgan fingerprint density at radius 3 is 2.03 bits per heavy atom. The van der Waals surface area contributed by atoms with E-state index in [0.29, 0.717) is 0 Å². The Balaban J connectivity index is 0.00000242. The summed E-state index contributed by atoms with van der Waals surface area (Å²) in [7, 11) is 2.02. The largest absolute Gasteiger partial charge is 2.00 e. The van der Waals surface area contributed by atoms with Crippen LogP contribution in [0.25, 0.3) is 39.3 Å². The van der Waals surface area contributed by atoms with Gasteiger partial charge >= 0.3 is 27.9 Å². The van der Waals surface area contributed by atoms with Crippen molar-refractivity contribution < 1.29 is 21.1 Å². The van der Waals surface area contributed by atoms with Gasteiger partial charge in [-0.1, -0.05) is 87.5 Å². The summed E-state index contributed by atoms with van der Waals surface area (Å²) in [6.07, 6.45) is 7.55. The summed E-state index contributed by atoms with van der Waals surface area (Å²) in [4.78, 5) is 7.02. The zero-order valence-electron chi connectivity index (χ0n) is 20.4. The maximum Gasteiger partial charge on any atom is 2.00 e. The van der Waals surface area contributed by atoms with Crippen molar-refractivity contribution in [2.75, 3.05) is 4.81 Å². The van der Waals surface area contributed by atoms with Crippen LogP contribution in [0, 0.1) is 12.1 Å². The molecule has 0 saturated heterocycles. The molecule has 4 aromatic carbocycles. The van der Waals surface area contributed by atoms with Crippen LogP contribution in [0.5, 0.6) is 0 Å². The van der Waals surface area contributed by atoms with Gasteiger partial charge in [0.1, 0.15) is 0 Å². The minimum absolute atomic E-state index is 0. The summed E-state index contributed by atoms with van der Waals surface area (Å²) in [6.45, 7) is 0.00407. The van der Waals surface area contributed by atoms with Crippen molar-refractivity contribution in [1.82, 2.24) is 19.3 Å². The maximum absolute atomic E-state index is 4.61. The topological polar surface area (TPSA) is 38.9 Å². The molecule has 0 fully saturated rings. The second-order valence-corrected chi connectivity index (χ2v) is 9.50. The van der Waals surface area contributed by atoms with Crippen molar-refractivity contribution >= 4 is 29.1 Å². The van der Waals surface area contributed by atoms with Gasteiger partial charge in [0, 0.05) is 31.8 Å². The third kappa shape index (κ3) is 3.23. The quantitative estimate of drug-likeness (QED) is 0.197. The van der Waals surface area contributed by atoms with Crippen LogP contribution in [-0.4, -0.2) is 26.2 Å². The van der Waals surface area contributed by atoms with Crippen LogP contribution in [0.2, 0.25) is 0 Å². The number of nitrogens with zero attached hydrogens (tertiary/aromatic N) is 5. The first-order valence-corrected chi connectivity index (χ1v) is 12.4. The number of hydrogen-bond acceptors (Lipinski definition) is 3. The van der Waals surface area contributed by atoms with Gasteiger partial charge in [-0.05, 0) is 11.8 Å². The molecule has 2 aromatic heterocycles. The van der Waals surface area contributed by atoms with Crippen molar-refractivity contribution in [2.24, 2.45) is 7.05 Å². The molecule has 0 bridgehead atoms. The van der Waals surface area contributed by atoms with Gasteiger partial charge in [-0.2, -0.15) is 11.2 Å². The first-order valence-electron chi connectivity index (χ1n) is 12.4. The molecule has 0 radical (unpaired) electrons. The molecule has 2 aliphatic heterocycles. The van der Waals surface area contributed by atoms with Gasteiger partial charge in [0.15, 0.2) is 0 Å². The van der Waals surface area contributed by atoms with Gasteiger partial charge in [-0.25, -0.2) is 0 Å². The molecule has 0 saturated carbocycles. The average Bonchev–Trinajstić information content (AvgIpc) is 3.64. The van der Waals surface area contributed by atoms with Crippen molar-refractivity contribution in [1.29, 1.82) is 0 Å². The van der Waals surface area contributed by atoms with Gasteiger partial charge in [0.05, 0.1) is 5.82 Å².